The average Bonchev–Trinajstić information content (AvgIpc) is 2.85. The van der Waals surface area contributed by atoms with Crippen molar-refractivity contribution in [3.05, 3.63) is 113 Å². The lowest BCUT2D eigenvalue weighted by atomic mass is 9.85. The maximum atomic E-state index is 6.66. The molecule has 2 aliphatic rings. The first-order valence-electron chi connectivity index (χ1n) is 10.7. The fourth-order valence-electron chi connectivity index (χ4n) is 4.70. The molecule has 0 amide bonds. The zero-order valence-electron chi connectivity index (χ0n) is 18.0. The van der Waals surface area contributed by atoms with Gasteiger partial charge in [-0.3, -0.25) is 0 Å². The molecule has 6 rings (SSSR count). The number of ether oxygens (including phenoxy) is 3. The van der Waals surface area contributed by atoms with Crippen molar-refractivity contribution in [2.24, 2.45) is 0 Å². The number of hydrogen-bond acceptors (Lipinski definition) is 3. The predicted molar refractivity (Wildman–Crippen MR) is 128 cm³/mol. The van der Waals surface area contributed by atoms with Gasteiger partial charge in [-0.1, -0.05) is 60.7 Å². The molecular formula is C29H22O3. The molecule has 2 aliphatic heterocycles. The quantitative estimate of drug-likeness (QED) is 0.356. The number of methoxy groups -OCH3 is 1. The zero-order valence-corrected chi connectivity index (χ0v) is 18.0. The van der Waals surface area contributed by atoms with E-state index in [1.807, 2.05) is 30.3 Å². The Balaban J connectivity index is 1.57. The lowest BCUT2D eigenvalue weighted by Crippen LogP contribution is -2.45. The van der Waals surface area contributed by atoms with Gasteiger partial charge in [-0.05, 0) is 53.1 Å². The highest BCUT2D eigenvalue weighted by atomic mass is 16.7. The maximum absolute atomic E-state index is 6.66. The number of rotatable bonds is 2. The molecule has 1 spiro atoms. The van der Waals surface area contributed by atoms with Crippen LogP contribution in [0.1, 0.15) is 23.6 Å². The molecule has 0 bridgehead atoms. The van der Waals surface area contributed by atoms with Gasteiger partial charge in [0.05, 0.1) is 7.11 Å². The molecule has 3 nitrogen and oxygen atoms in total. The second kappa shape index (κ2) is 7.03. The summed E-state index contributed by atoms with van der Waals surface area (Å²) in [5, 5.41) is 2.35. The minimum atomic E-state index is -1.03. The van der Waals surface area contributed by atoms with E-state index >= 15 is 0 Å². The Labute approximate surface area is 187 Å². The molecule has 0 radical (unpaired) electrons. The summed E-state index contributed by atoms with van der Waals surface area (Å²) >= 11 is 0. The predicted octanol–water partition coefficient (Wildman–Crippen LogP) is 6.86. The van der Waals surface area contributed by atoms with Gasteiger partial charge in [0.1, 0.15) is 17.2 Å². The molecule has 156 valence electrons. The summed E-state index contributed by atoms with van der Waals surface area (Å²) in [6.07, 6.45) is 4.15. The molecular weight excluding hydrogens is 396 g/mol. The van der Waals surface area contributed by atoms with Gasteiger partial charge in [0.15, 0.2) is 0 Å². The lowest BCUT2D eigenvalue weighted by molar-refractivity contribution is -0.0416. The van der Waals surface area contributed by atoms with Crippen LogP contribution in [0, 0.1) is 0 Å². The summed E-state index contributed by atoms with van der Waals surface area (Å²) in [6, 6.07) is 28.8. The molecule has 0 saturated carbocycles. The van der Waals surface area contributed by atoms with Crippen LogP contribution in [0.25, 0.3) is 22.4 Å². The minimum absolute atomic E-state index is 0.739. The van der Waals surface area contributed by atoms with E-state index in [0.29, 0.717) is 0 Å². The van der Waals surface area contributed by atoms with Crippen LogP contribution in [0.15, 0.2) is 96.6 Å². The van der Waals surface area contributed by atoms with Crippen LogP contribution in [0.5, 0.6) is 17.2 Å². The molecule has 0 saturated heterocycles. The summed E-state index contributed by atoms with van der Waals surface area (Å²) in [5.41, 5.74) is 5.35. The Morgan fingerprint density at radius 2 is 1.56 bits per heavy atom. The van der Waals surface area contributed by atoms with E-state index in [2.05, 4.69) is 73.7 Å². The van der Waals surface area contributed by atoms with Crippen LogP contribution in [0.3, 0.4) is 0 Å². The molecule has 0 N–H and O–H groups in total. The van der Waals surface area contributed by atoms with Crippen molar-refractivity contribution >= 4 is 22.4 Å². The van der Waals surface area contributed by atoms with Crippen molar-refractivity contribution in [2.75, 3.05) is 7.11 Å². The second-order valence-corrected chi connectivity index (χ2v) is 8.13. The molecule has 0 aromatic heterocycles. The van der Waals surface area contributed by atoms with E-state index in [1.54, 1.807) is 7.11 Å². The van der Waals surface area contributed by atoms with E-state index in [4.69, 9.17) is 14.2 Å². The summed E-state index contributed by atoms with van der Waals surface area (Å²) in [5.74, 6) is 1.27. The fourth-order valence-corrected chi connectivity index (χ4v) is 4.70. The lowest BCUT2D eigenvalue weighted by Gasteiger charge is -2.41. The van der Waals surface area contributed by atoms with Crippen molar-refractivity contribution in [3.63, 3.8) is 0 Å². The van der Waals surface area contributed by atoms with Crippen molar-refractivity contribution in [1.82, 2.24) is 0 Å². The molecule has 4 aromatic carbocycles. The third kappa shape index (κ3) is 2.75. The maximum Gasteiger partial charge on any atom is 0.295 e. The number of benzene rings is 4. The SMILES string of the molecule is COc1ccc2c(c1)OC1(C=Cc3c(ccc4ccccc34)O1)C(C)=C2c1ccccc1. The molecule has 32 heavy (non-hydrogen) atoms. The highest BCUT2D eigenvalue weighted by molar-refractivity contribution is 5.94. The van der Waals surface area contributed by atoms with Gasteiger partial charge in [-0.15, -0.1) is 0 Å². The largest absolute Gasteiger partial charge is 0.497 e. The Hall–Kier alpha value is -3.98. The van der Waals surface area contributed by atoms with Gasteiger partial charge in [0, 0.05) is 28.8 Å². The molecule has 1 unspecified atom stereocenters. The van der Waals surface area contributed by atoms with Crippen LogP contribution in [0.2, 0.25) is 0 Å². The Bertz CT molecular complexity index is 1420. The van der Waals surface area contributed by atoms with Crippen molar-refractivity contribution < 1.29 is 14.2 Å². The van der Waals surface area contributed by atoms with Gasteiger partial charge in [0.2, 0.25) is 0 Å². The zero-order chi connectivity index (χ0) is 21.7. The summed E-state index contributed by atoms with van der Waals surface area (Å²) in [6.45, 7) is 2.09. The van der Waals surface area contributed by atoms with E-state index in [1.165, 1.54) is 10.8 Å². The van der Waals surface area contributed by atoms with Crippen LogP contribution >= 0.6 is 0 Å². The molecule has 2 heterocycles. The number of fused-ring (bicyclic) bond motifs is 4. The smallest absolute Gasteiger partial charge is 0.295 e. The first kappa shape index (κ1) is 18.8. The summed E-state index contributed by atoms with van der Waals surface area (Å²) < 4.78 is 18.7. The molecule has 4 aromatic rings. The van der Waals surface area contributed by atoms with E-state index in [0.717, 1.165) is 45.1 Å². The normalized spacial score (nSPS) is 18.7. The Morgan fingerprint density at radius 3 is 2.41 bits per heavy atom. The van der Waals surface area contributed by atoms with E-state index in [9.17, 15) is 0 Å². The topological polar surface area (TPSA) is 27.7 Å². The van der Waals surface area contributed by atoms with Gasteiger partial charge in [0.25, 0.3) is 5.79 Å². The summed E-state index contributed by atoms with van der Waals surface area (Å²) in [7, 11) is 1.66. The molecule has 0 aliphatic carbocycles. The van der Waals surface area contributed by atoms with Crippen LogP contribution in [-0.4, -0.2) is 12.9 Å². The van der Waals surface area contributed by atoms with Gasteiger partial charge in [-0.2, -0.15) is 0 Å². The van der Waals surface area contributed by atoms with Gasteiger partial charge in [-0.25, -0.2) is 0 Å². The molecule has 1 atom stereocenters. The van der Waals surface area contributed by atoms with Crippen molar-refractivity contribution in [2.45, 2.75) is 12.7 Å². The first-order chi connectivity index (χ1) is 15.7. The third-order valence-corrected chi connectivity index (χ3v) is 6.34. The standard InChI is InChI=1S/C29H22O3/c1-19-28(21-9-4-3-5-10-21)25-14-13-22(30-2)18-27(25)32-29(19)17-16-24-23-11-7-6-8-20(23)12-15-26(24)31-29/h3-18H,1-2H3. The third-order valence-electron chi connectivity index (χ3n) is 6.34. The van der Waals surface area contributed by atoms with Crippen molar-refractivity contribution in [1.29, 1.82) is 0 Å². The van der Waals surface area contributed by atoms with Gasteiger partial charge < -0.3 is 14.2 Å². The highest BCUT2D eigenvalue weighted by Gasteiger charge is 2.43. The second-order valence-electron chi connectivity index (χ2n) is 8.13. The molecule has 3 heteroatoms. The monoisotopic (exact) mass is 418 g/mol. The minimum Gasteiger partial charge on any atom is -0.497 e. The Morgan fingerprint density at radius 1 is 0.781 bits per heavy atom. The highest BCUT2D eigenvalue weighted by Crippen LogP contribution is 2.48. The number of hydrogen-bond donors (Lipinski definition) is 0. The van der Waals surface area contributed by atoms with E-state index < -0.39 is 5.79 Å². The fraction of sp³-hybridized carbons (Fsp3) is 0.103. The van der Waals surface area contributed by atoms with Crippen molar-refractivity contribution in [3.8, 4) is 17.2 Å². The first-order valence-corrected chi connectivity index (χ1v) is 10.7. The van der Waals surface area contributed by atoms with E-state index in [-0.39, 0.29) is 0 Å². The van der Waals surface area contributed by atoms with Crippen LogP contribution in [-0.2, 0) is 0 Å². The van der Waals surface area contributed by atoms with Crippen LogP contribution < -0.4 is 14.2 Å². The van der Waals surface area contributed by atoms with Gasteiger partial charge >= 0.3 is 0 Å². The average molecular weight is 418 g/mol. The molecule has 0 fully saturated rings. The summed E-state index contributed by atoms with van der Waals surface area (Å²) in [4.78, 5) is 0. The van der Waals surface area contributed by atoms with Crippen LogP contribution in [0.4, 0.5) is 0 Å². The Kier molecular flexibility index (Phi) is 4.12.